The number of aromatic nitrogens is 1. The van der Waals surface area contributed by atoms with E-state index in [9.17, 15) is 0 Å². The maximum Gasteiger partial charge on any atom is 0.135 e. The zero-order chi connectivity index (χ0) is 33.5. The van der Waals surface area contributed by atoms with Crippen molar-refractivity contribution in [1.82, 2.24) is 4.57 Å². The monoisotopic (exact) mass is 667 g/mol. The van der Waals surface area contributed by atoms with Crippen molar-refractivity contribution in [3.63, 3.8) is 0 Å². The number of fused-ring (bicyclic) bond motifs is 9. The Morgan fingerprint density at radius 3 is 1.63 bits per heavy atom. The number of para-hydroxylation sites is 3. The molecule has 0 N–H and O–H groups in total. The summed E-state index contributed by atoms with van der Waals surface area (Å²) in [5.41, 5.74) is 12.5. The van der Waals surface area contributed by atoms with Gasteiger partial charge in [0.1, 0.15) is 11.2 Å². The zero-order valence-corrected chi connectivity index (χ0v) is 28.3. The van der Waals surface area contributed by atoms with Crippen molar-refractivity contribution in [2.45, 2.75) is 0 Å². The first-order valence-corrected chi connectivity index (χ1v) is 18.1. The minimum Gasteiger partial charge on any atom is -0.456 e. The molecule has 0 aliphatic carbocycles. The minimum atomic E-state index is 0.906. The van der Waals surface area contributed by atoms with E-state index >= 15 is 0 Å². The van der Waals surface area contributed by atoms with Crippen LogP contribution in [0.5, 0.6) is 0 Å². The molecule has 0 spiro atoms. The van der Waals surface area contributed by atoms with Crippen molar-refractivity contribution < 1.29 is 4.42 Å². The number of furan rings is 1. The average Bonchev–Trinajstić information content (AvgIpc) is 3.87. The Morgan fingerprint density at radius 2 is 0.863 bits per heavy atom. The summed E-state index contributed by atoms with van der Waals surface area (Å²) in [6.45, 7) is 0. The van der Waals surface area contributed by atoms with Gasteiger partial charge in [-0.2, -0.15) is 0 Å². The molecule has 8 aromatic carbocycles. The van der Waals surface area contributed by atoms with Crippen LogP contribution >= 0.6 is 11.3 Å². The molecule has 0 unspecified atom stereocenters. The van der Waals surface area contributed by atoms with Crippen LogP contribution in [0.2, 0.25) is 0 Å². The molecule has 51 heavy (non-hydrogen) atoms. The lowest BCUT2D eigenvalue weighted by Crippen LogP contribution is -1.96. The summed E-state index contributed by atoms with van der Waals surface area (Å²) in [5.74, 6) is 0. The predicted molar refractivity (Wildman–Crippen MR) is 217 cm³/mol. The number of benzene rings is 8. The van der Waals surface area contributed by atoms with E-state index in [1.807, 2.05) is 23.5 Å². The van der Waals surface area contributed by atoms with E-state index in [2.05, 4.69) is 168 Å². The molecule has 11 aromatic rings. The third kappa shape index (κ3) is 4.49. The highest BCUT2D eigenvalue weighted by molar-refractivity contribution is 7.25. The van der Waals surface area contributed by atoms with Gasteiger partial charge in [0.2, 0.25) is 0 Å². The lowest BCUT2D eigenvalue weighted by molar-refractivity contribution is 0.669. The Morgan fingerprint density at radius 1 is 0.333 bits per heavy atom. The van der Waals surface area contributed by atoms with Gasteiger partial charge in [-0.25, -0.2) is 0 Å². The number of hydrogen-bond acceptors (Lipinski definition) is 2. The number of rotatable bonds is 4. The van der Waals surface area contributed by atoms with Gasteiger partial charge in [-0.1, -0.05) is 115 Å². The van der Waals surface area contributed by atoms with Crippen LogP contribution < -0.4 is 0 Å². The van der Waals surface area contributed by atoms with Crippen molar-refractivity contribution >= 4 is 75.3 Å². The van der Waals surface area contributed by atoms with Crippen LogP contribution in [0.15, 0.2) is 180 Å². The third-order valence-electron chi connectivity index (χ3n) is 10.4. The first kappa shape index (κ1) is 28.4. The molecular weight excluding hydrogens is 639 g/mol. The Bertz CT molecular complexity index is 3090. The van der Waals surface area contributed by atoms with Crippen LogP contribution in [0, 0.1) is 0 Å². The van der Waals surface area contributed by atoms with Crippen molar-refractivity contribution in [3.8, 4) is 39.1 Å². The van der Waals surface area contributed by atoms with Gasteiger partial charge in [-0.3, -0.25) is 0 Å². The Hall–Kier alpha value is -6.42. The SMILES string of the molecule is c1ccc2c(c1)oc1ccc(-c3cc(-c4ccc(-c5ccc6c(c5)sc5ccccc56)cc4)cc(-n4c5ccccc5c5ccccc54)c3)cc12. The van der Waals surface area contributed by atoms with Gasteiger partial charge in [0.25, 0.3) is 0 Å². The molecule has 0 aliphatic heterocycles. The average molecular weight is 668 g/mol. The summed E-state index contributed by atoms with van der Waals surface area (Å²) in [5, 5.41) is 7.44. The first-order valence-electron chi connectivity index (χ1n) is 17.3. The van der Waals surface area contributed by atoms with Crippen molar-refractivity contribution in [2.24, 2.45) is 0 Å². The first-order chi connectivity index (χ1) is 25.2. The second-order valence-corrected chi connectivity index (χ2v) is 14.4. The molecule has 238 valence electrons. The maximum absolute atomic E-state index is 6.20. The number of nitrogens with zero attached hydrogens (tertiary/aromatic N) is 1. The Balaban J connectivity index is 1.08. The molecule has 0 aliphatic rings. The summed E-state index contributed by atoms with van der Waals surface area (Å²) >= 11 is 1.87. The molecule has 0 saturated heterocycles. The quantitative estimate of drug-likeness (QED) is 0.183. The Kier molecular flexibility index (Phi) is 6.16. The van der Waals surface area contributed by atoms with Gasteiger partial charge in [0.15, 0.2) is 0 Å². The highest BCUT2D eigenvalue weighted by Crippen LogP contribution is 2.40. The van der Waals surface area contributed by atoms with E-state index in [-0.39, 0.29) is 0 Å². The molecule has 0 fully saturated rings. The topological polar surface area (TPSA) is 18.1 Å². The molecule has 0 amide bonds. The van der Waals surface area contributed by atoms with Crippen LogP contribution in [-0.4, -0.2) is 4.57 Å². The van der Waals surface area contributed by atoms with Crippen LogP contribution in [-0.2, 0) is 0 Å². The standard InChI is InChI=1S/C48H29NOS/c1-5-13-43-37(9-1)38-10-2-6-14-44(38)49(43)36-26-34(25-35(27-36)32-22-24-46-42(28-32)39-11-3-7-15-45(39)50-46)31-19-17-30(18-20-31)33-21-23-41-40-12-4-8-16-47(40)51-48(41)29-33/h1-29H. The highest BCUT2D eigenvalue weighted by atomic mass is 32.1. The van der Waals surface area contributed by atoms with Crippen LogP contribution in [0.3, 0.4) is 0 Å². The molecule has 3 heterocycles. The summed E-state index contributed by atoms with van der Waals surface area (Å²) in [6.07, 6.45) is 0. The fraction of sp³-hybridized carbons (Fsp3) is 0. The van der Waals surface area contributed by atoms with E-state index in [4.69, 9.17) is 4.42 Å². The van der Waals surface area contributed by atoms with Gasteiger partial charge in [0, 0.05) is 47.4 Å². The second-order valence-electron chi connectivity index (χ2n) is 13.3. The number of hydrogen-bond donors (Lipinski definition) is 0. The minimum absolute atomic E-state index is 0.906. The fourth-order valence-electron chi connectivity index (χ4n) is 7.94. The summed E-state index contributed by atoms with van der Waals surface area (Å²) in [4.78, 5) is 0. The summed E-state index contributed by atoms with van der Waals surface area (Å²) in [6, 6.07) is 63.9. The van der Waals surface area contributed by atoms with E-state index in [0.717, 1.165) is 38.8 Å². The van der Waals surface area contributed by atoms with Gasteiger partial charge in [-0.05, 0) is 94.0 Å². The molecule has 3 heteroatoms. The molecule has 2 nitrogen and oxygen atoms in total. The summed E-state index contributed by atoms with van der Waals surface area (Å²) in [7, 11) is 0. The van der Waals surface area contributed by atoms with Crippen molar-refractivity contribution in [2.75, 3.05) is 0 Å². The van der Waals surface area contributed by atoms with E-state index in [1.54, 1.807) is 0 Å². The fourth-order valence-corrected chi connectivity index (χ4v) is 9.09. The van der Waals surface area contributed by atoms with Crippen molar-refractivity contribution in [3.05, 3.63) is 176 Å². The van der Waals surface area contributed by atoms with Crippen LogP contribution in [0.4, 0.5) is 0 Å². The normalized spacial score (nSPS) is 11.9. The smallest absolute Gasteiger partial charge is 0.135 e. The molecule has 0 saturated carbocycles. The lowest BCUT2D eigenvalue weighted by Gasteiger charge is -2.14. The molecule has 11 rings (SSSR count). The van der Waals surface area contributed by atoms with E-state index < -0.39 is 0 Å². The highest BCUT2D eigenvalue weighted by Gasteiger charge is 2.16. The maximum atomic E-state index is 6.20. The lowest BCUT2D eigenvalue weighted by atomic mass is 9.95. The molecule has 3 aromatic heterocycles. The van der Waals surface area contributed by atoms with Crippen LogP contribution in [0.1, 0.15) is 0 Å². The van der Waals surface area contributed by atoms with Crippen LogP contribution in [0.25, 0.3) is 103 Å². The van der Waals surface area contributed by atoms with E-state index in [1.165, 1.54) is 64.2 Å². The van der Waals surface area contributed by atoms with E-state index in [0.29, 0.717) is 0 Å². The molecular formula is C48H29NOS. The summed E-state index contributed by atoms with van der Waals surface area (Å²) < 4.78 is 11.3. The predicted octanol–water partition coefficient (Wildman–Crippen LogP) is 14.1. The Labute approximate surface area is 298 Å². The number of thiophene rings is 1. The van der Waals surface area contributed by atoms with Gasteiger partial charge in [0.05, 0.1) is 11.0 Å². The van der Waals surface area contributed by atoms with Gasteiger partial charge >= 0.3 is 0 Å². The molecule has 0 atom stereocenters. The van der Waals surface area contributed by atoms with Gasteiger partial charge < -0.3 is 8.98 Å². The zero-order valence-electron chi connectivity index (χ0n) is 27.5. The third-order valence-corrected chi connectivity index (χ3v) is 11.5. The van der Waals surface area contributed by atoms with Gasteiger partial charge in [-0.15, -0.1) is 11.3 Å². The largest absolute Gasteiger partial charge is 0.456 e. The molecule has 0 bridgehead atoms. The van der Waals surface area contributed by atoms with Crippen molar-refractivity contribution in [1.29, 1.82) is 0 Å². The second kappa shape index (κ2) is 11.0. The molecule has 0 radical (unpaired) electrons.